The molecule has 1 aromatic rings. The van der Waals surface area contributed by atoms with Gasteiger partial charge in [-0.2, -0.15) is 0 Å². The average molecular weight is 338 g/mol. The summed E-state index contributed by atoms with van der Waals surface area (Å²) in [6.45, 7) is 3.29. The second-order valence-electron chi connectivity index (χ2n) is 8.18. The molecule has 134 valence electrons. The lowest BCUT2D eigenvalue weighted by atomic mass is 9.77. The van der Waals surface area contributed by atoms with Gasteiger partial charge in [0, 0.05) is 6.42 Å². The summed E-state index contributed by atoms with van der Waals surface area (Å²) in [5.74, 6) is -2.10. The molecule has 0 radical (unpaired) electrons. The van der Waals surface area contributed by atoms with Crippen LogP contribution < -0.4 is 0 Å². The SMILES string of the molecule is CCC[C@H]1CC[C@H](c2ccc(C3CC(C)(F)C(F)(F)C3)cc2)CC1. The largest absolute Gasteiger partial charge is 0.281 e. The lowest BCUT2D eigenvalue weighted by molar-refractivity contribution is -0.105. The summed E-state index contributed by atoms with van der Waals surface area (Å²) in [5.41, 5.74) is -0.200. The Balaban J connectivity index is 1.63. The van der Waals surface area contributed by atoms with Gasteiger partial charge in [-0.3, -0.25) is 0 Å². The molecular weight excluding hydrogens is 309 g/mol. The molecule has 0 heterocycles. The normalized spacial score (nSPS) is 36.0. The van der Waals surface area contributed by atoms with E-state index in [0.29, 0.717) is 5.92 Å². The predicted octanol–water partition coefficient (Wildman–Crippen LogP) is 7.00. The van der Waals surface area contributed by atoms with Crippen LogP contribution in [0.1, 0.15) is 88.2 Å². The molecule has 0 spiro atoms. The summed E-state index contributed by atoms with van der Waals surface area (Å²) in [4.78, 5) is 0. The first kappa shape index (κ1) is 17.8. The van der Waals surface area contributed by atoms with Gasteiger partial charge in [-0.25, -0.2) is 13.2 Å². The molecule has 2 aliphatic rings. The zero-order chi connectivity index (χ0) is 17.4. The van der Waals surface area contributed by atoms with Crippen LogP contribution in [0.2, 0.25) is 0 Å². The first-order valence-corrected chi connectivity index (χ1v) is 9.49. The van der Waals surface area contributed by atoms with Crippen LogP contribution in [0, 0.1) is 5.92 Å². The van der Waals surface area contributed by atoms with Crippen LogP contribution >= 0.6 is 0 Å². The van der Waals surface area contributed by atoms with Gasteiger partial charge in [-0.15, -0.1) is 0 Å². The third-order valence-electron chi connectivity index (χ3n) is 6.32. The van der Waals surface area contributed by atoms with Crippen LogP contribution in [0.5, 0.6) is 0 Å². The smallest absolute Gasteiger partial charge is 0.238 e. The molecule has 2 fully saturated rings. The van der Waals surface area contributed by atoms with E-state index in [9.17, 15) is 13.2 Å². The second-order valence-corrected chi connectivity index (χ2v) is 8.18. The Bertz CT molecular complexity index is 523. The number of rotatable bonds is 4. The van der Waals surface area contributed by atoms with E-state index in [0.717, 1.165) is 18.4 Å². The zero-order valence-electron chi connectivity index (χ0n) is 14.8. The van der Waals surface area contributed by atoms with E-state index < -0.39 is 11.6 Å². The molecule has 3 rings (SSSR count). The second kappa shape index (κ2) is 6.72. The van der Waals surface area contributed by atoms with Gasteiger partial charge in [0.25, 0.3) is 5.92 Å². The van der Waals surface area contributed by atoms with Gasteiger partial charge in [0.05, 0.1) is 0 Å². The molecule has 2 saturated carbocycles. The Kier molecular flexibility index (Phi) is 4.99. The van der Waals surface area contributed by atoms with Crippen molar-refractivity contribution >= 4 is 0 Å². The van der Waals surface area contributed by atoms with Crippen molar-refractivity contribution in [2.45, 2.75) is 88.6 Å². The fraction of sp³-hybridized carbons (Fsp3) is 0.714. The highest BCUT2D eigenvalue weighted by Gasteiger charge is 2.58. The van der Waals surface area contributed by atoms with Crippen molar-refractivity contribution in [1.82, 2.24) is 0 Å². The van der Waals surface area contributed by atoms with Crippen LogP contribution in [0.25, 0.3) is 0 Å². The molecule has 0 N–H and O–H groups in total. The van der Waals surface area contributed by atoms with E-state index in [1.807, 2.05) is 12.1 Å². The van der Waals surface area contributed by atoms with Crippen LogP contribution in [-0.4, -0.2) is 11.6 Å². The number of hydrogen-bond donors (Lipinski definition) is 0. The molecule has 0 aromatic heterocycles. The molecule has 2 atom stereocenters. The minimum atomic E-state index is -3.21. The first-order chi connectivity index (χ1) is 11.3. The highest BCUT2D eigenvalue weighted by atomic mass is 19.3. The predicted molar refractivity (Wildman–Crippen MR) is 92.5 cm³/mol. The van der Waals surface area contributed by atoms with Gasteiger partial charge in [0.1, 0.15) is 0 Å². The van der Waals surface area contributed by atoms with Crippen molar-refractivity contribution in [2.75, 3.05) is 0 Å². The summed E-state index contributed by atoms with van der Waals surface area (Å²) in [6, 6.07) is 8.09. The van der Waals surface area contributed by atoms with Gasteiger partial charge in [0.15, 0.2) is 5.67 Å². The first-order valence-electron chi connectivity index (χ1n) is 9.49. The molecule has 0 bridgehead atoms. The number of alkyl halides is 3. The summed E-state index contributed by atoms with van der Waals surface area (Å²) >= 11 is 0. The van der Waals surface area contributed by atoms with E-state index in [2.05, 4.69) is 19.1 Å². The highest BCUT2D eigenvalue weighted by Crippen LogP contribution is 2.52. The number of halogens is 3. The topological polar surface area (TPSA) is 0 Å². The van der Waals surface area contributed by atoms with E-state index in [1.165, 1.54) is 44.1 Å². The summed E-state index contributed by atoms with van der Waals surface area (Å²) in [6.07, 6.45) is 7.21. The van der Waals surface area contributed by atoms with Crippen molar-refractivity contribution in [3.05, 3.63) is 35.4 Å². The molecule has 0 aliphatic heterocycles. The van der Waals surface area contributed by atoms with Crippen molar-refractivity contribution in [3.8, 4) is 0 Å². The Morgan fingerprint density at radius 3 is 1.88 bits per heavy atom. The minimum Gasteiger partial charge on any atom is -0.238 e. The monoisotopic (exact) mass is 338 g/mol. The molecule has 0 amide bonds. The summed E-state index contributed by atoms with van der Waals surface area (Å²) < 4.78 is 41.5. The standard InChI is InChI=1S/C21H29F3/c1-3-4-15-5-7-16(8-6-15)17-9-11-18(12-10-17)19-13-20(2,22)21(23,24)14-19/h9-12,15-16,19H,3-8,13-14H2,1-2H3/t15-,16-,19?,20?. The summed E-state index contributed by atoms with van der Waals surface area (Å²) in [5, 5.41) is 0. The highest BCUT2D eigenvalue weighted by molar-refractivity contribution is 5.30. The lowest BCUT2D eigenvalue weighted by Gasteiger charge is -2.28. The van der Waals surface area contributed by atoms with Gasteiger partial charge in [0.2, 0.25) is 0 Å². The van der Waals surface area contributed by atoms with E-state index in [-0.39, 0.29) is 18.8 Å². The third kappa shape index (κ3) is 3.50. The van der Waals surface area contributed by atoms with E-state index in [4.69, 9.17) is 0 Å². The number of benzene rings is 1. The van der Waals surface area contributed by atoms with Crippen LogP contribution in [0.15, 0.2) is 24.3 Å². The van der Waals surface area contributed by atoms with Crippen molar-refractivity contribution in [1.29, 1.82) is 0 Å². The molecule has 3 heteroatoms. The lowest BCUT2D eigenvalue weighted by Crippen LogP contribution is -2.35. The third-order valence-corrected chi connectivity index (χ3v) is 6.32. The van der Waals surface area contributed by atoms with Gasteiger partial charge < -0.3 is 0 Å². The zero-order valence-corrected chi connectivity index (χ0v) is 14.8. The molecule has 24 heavy (non-hydrogen) atoms. The van der Waals surface area contributed by atoms with Gasteiger partial charge >= 0.3 is 0 Å². The van der Waals surface area contributed by atoms with Crippen molar-refractivity contribution in [3.63, 3.8) is 0 Å². The Hall–Kier alpha value is -0.990. The van der Waals surface area contributed by atoms with Crippen molar-refractivity contribution in [2.24, 2.45) is 5.92 Å². The minimum absolute atomic E-state index is 0.0819. The van der Waals surface area contributed by atoms with Crippen LogP contribution in [-0.2, 0) is 0 Å². The Labute approximate surface area is 143 Å². The molecule has 0 saturated heterocycles. The van der Waals surface area contributed by atoms with Crippen LogP contribution in [0.4, 0.5) is 13.2 Å². The molecule has 2 aliphatic carbocycles. The van der Waals surface area contributed by atoms with Gasteiger partial charge in [-0.05, 0) is 67.9 Å². The summed E-state index contributed by atoms with van der Waals surface area (Å²) in [7, 11) is 0. The molecule has 2 unspecified atom stereocenters. The quantitative estimate of drug-likeness (QED) is 0.554. The van der Waals surface area contributed by atoms with E-state index >= 15 is 0 Å². The maximum absolute atomic E-state index is 14.0. The van der Waals surface area contributed by atoms with Gasteiger partial charge in [-0.1, -0.05) is 44.0 Å². The molecule has 0 nitrogen and oxygen atoms in total. The van der Waals surface area contributed by atoms with E-state index in [1.54, 1.807) is 0 Å². The average Bonchev–Trinajstić information content (AvgIpc) is 2.77. The fourth-order valence-electron chi connectivity index (χ4n) is 4.68. The van der Waals surface area contributed by atoms with Crippen LogP contribution in [0.3, 0.4) is 0 Å². The number of hydrogen-bond acceptors (Lipinski definition) is 0. The maximum atomic E-state index is 14.0. The Morgan fingerprint density at radius 1 is 0.875 bits per heavy atom. The maximum Gasteiger partial charge on any atom is 0.281 e. The Morgan fingerprint density at radius 2 is 1.42 bits per heavy atom. The van der Waals surface area contributed by atoms with Crippen molar-refractivity contribution < 1.29 is 13.2 Å². The molecule has 1 aromatic carbocycles. The fourth-order valence-corrected chi connectivity index (χ4v) is 4.68. The molecular formula is C21H29F3.